The molecule has 0 radical (unpaired) electrons. The average molecular weight is 283 g/mol. The van der Waals surface area contributed by atoms with Gasteiger partial charge in [-0.1, -0.05) is 13.0 Å². The molecule has 0 aromatic heterocycles. The summed E-state index contributed by atoms with van der Waals surface area (Å²) in [6.45, 7) is 10.5. The van der Waals surface area contributed by atoms with Gasteiger partial charge in [-0.2, -0.15) is 0 Å². The molecule has 0 saturated carbocycles. The minimum absolute atomic E-state index is 0.0495. The monoisotopic (exact) mass is 283 g/mol. The first-order valence-corrected chi connectivity index (χ1v) is 8.39. The van der Waals surface area contributed by atoms with Crippen LogP contribution in [0.1, 0.15) is 38.3 Å². The van der Waals surface area contributed by atoms with E-state index in [2.05, 4.69) is 12.2 Å². The molecule has 0 amide bonds. The van der Waals surface area contributed by atoms with Gasteiger partial charge in [-0.25, -0.2) is 8.42 Å². The van der Waals surface area contributed by atoms with Crippen LogP contribution in [-0.2, 0) is 9.84 Å². The lowest BCUT2D eigenvalue weighted by atomic mass is 10.1. The standard InChI is InChI=1S/C15H25NO2S/c1-6-9-16-13(4)14(5)19(17,18)15-8-7-11(2)12(3)10-15/h7-8,10,13-14,16H,6,9H2,1-5H3. The zero-order valence-electron chi connectivity index (χ0n) is 12.5. The number of hydrogen-bond donors (Lipinski definition) is 1. The van der Waals surface area contributed by atoms with Gasteiger partial charge in [0.15, 0.2) is 9.84 Å². The quantitative estimate of drug-likeness (QED) is 0.873. The van der Waals surface area contributed by atoms with Crippen molar-refractivity contribution < 1.29 is 8.42 Å². The fourth-order valence-corrected chi connectivity index (χ4v) is 3.57. The minimum Gasteiger partial charge on any atom is -0.313 e. The molecule has 4 heteroatoms. The third-order valence-corrected chi connectivity index (χ3v) is 6.01. The molecule has 2 atom stereocenters. The van der Waals surface area contributed by atoms with Crippen molar-refractivity contribution in [3.63, 3.8) is 0 Å². The van der Waals surface area contributed by atoms with Crippen molar-refractivity contribution in [2.24, 2.45) is 0 Å². The van der Waals surface area contributed by atoms with E-state index in [4.69, 9.17) is 0 Å². The fourth-order valence-electron chi connectivity index (χ4n) is 1.91. The van der Waals surface area contributed by atoms with Crippen LogP contribution in [0.3, 0.4) is 0 Å². The van der Waals surface area contributed by atoms with Crippen LogP contribution >= 0.6 is 0 Å². The second kappa shape index (κ2) is 6.53. The molecular formula is C15H25NO2S. The van der Waals surface area contributed by atoms with Gasteiger partial charge in [0.05, 0.1) is 10.1 Å². The summed E-state index contributed by atoms with van der Waals surface area (Å²) in [7, 11) is -3.27. The van der Waals surface area contributed by atoms with Crippen LogP contribution in [0.2, 0.25) is 0 Å². The molecule has 3 nitrogen and oxygen atoms in total. The summed E-state index contributed by atoms with van der Waals surface area (Å²) in [5.74, 6) is 0. The van der Waals surface area contributed by atoms with Gasteiger partial charge in [0, 0.05) is 6.04 Å². The Kier molecular flexibility index (Phi) is 5.56. The Balaban J connectivity index is 2.99. The molecule has 108 valence electrons. The van der Waals surface area contributed by atoms with E-state index in [9.17, 15) is 8.42 Å². The summed E-state index contributed by atoms with van der Waals surface area (Å²) >= 11 is 0. The molecule has 1 rings (SSSR count). The Hall–Kier alpha value is -0.870. The molecule has 2 unspecified atom stereocenters. The maximum absolute atomic E-state index is 12.6. The molecule has 0 spiro atoms. The lowest BCUT2D eigenvalue weighted by molar-refractivity contribution is 0.509. The topological polar surface area (TPSA) is 46.2 Å². The predicted octanol–water partition coefficient (Wildman–Crippen LogP) is 2.85. The number of nitrogens with one attached hydrogen (secondary N) is 1. The van der Waals surface area contributed by atoms with Crippen LogP contribution in [0.4, 0.5) is 0 Å². The Morgan fingerprint density at radius 3 is 2.32 bits per heavy atom. The molecule has 0 saturated heterocycles. The van der Waals surface area contributed by atoms with Crippen LogP contribution in [0.15, 0.2) is 23.1 Å². The van der Waals surface area contributed by atoms with Crippen LogP contribution < -0.4 is 5.32 Å². The lowest BCUT2D eigenvalue weighted by Crippen LogP contribution is -2.40. The molecule has 1 N–H and O–H groups in total. The van der Waals surface area contributed by atoms with Crippen LogP contribution in [0.25, 0.3) is 0 Å². The zero-order chi connectivity index (χ0) is 14.6. The van der Waals surface area contributed by atoms with Gasteiger partial charge in [-0.15, -0.1) is 0 Å². The first kappa shape index (κ1) is 16.2. The van der Waals surface area contributed by atoms with E-state index in [0.29, 0.717) is 4.90 Å². The van der Waals surface area contributed by atoms with Crippen molar-refractivity contribution >= 4 is 9.84 Å². The average Bonchev–Trinajstić information content (AvgIpc) is 2.37. The molecule has 0 aliphatic carbocycles. The maximum atomic E-state index is 12.6. The van der Waals surface area contributed by atoms with Gasteiger partial charge >= 0.3 is 0 Å². The van der Waals surface area contributed by atoms with Crippen molar-refractivity contribution in [1.29, 1.82) is 0 Å². The Morgan fingerprint density at radius 1 is 1.16 bits per heavy atom. The molecule has 0 aliphatic heterocycles. The molecular weight excluding hydrogens is 258 g/mol. The second-order valence-electron chi connectivity index (χ2n) is 5.24. The van der Waals surface area contributed by atoms with Crippen LogP contribution in [0, 0.1) is 13.8 Å². The van der Waals surface area contributed by atoms with E-state index in [0.717, 1.165) is 24.1 Å². The van der Waals surface area contributed by atoms with Crippen molar-refractivity contribution in [3.8, 4) is 0 Å². The van der Waals surface area contributed by atoms with Gasteiger partial charge in [-0.05, 0) is 63.9 Å². The molecule has 1 aromatic rings. The highest BCUT2D eigenvalue weighted by molar-refractivity contribution is 7.92. The van der Waals surface area contributed by atoms with Gasteiger partial charge in [-0.3, -0.25) is 0 Å². The Labute approximate surface area is 117 Å². The number of sulfone groups is 1. The zero-order valence-corrected chi connectivity index (χ0v) is 13.3. The van der Waals surface area contributed by atoms with Crippen molar-refractivity contribution in [2.45, 2.75) is 57.2 Å². The summed E-state index contributed by atoms with van der Waals surface area (Å²) in [6, 6.07) is 5.31. The number of rotatable bonds is 6. The van der Waals surface area contributed by atoms with Gasteiger partial charge in [0.1, 0.15) is 0 Å². The fraction of sp³-hybridized carbons (Fsp3) is 0.600. The van der Waals surface area contributed by atoms with Gasteiger partial charge in [0.25, 0.3) is 0 Å². The van der Waals surface area contributed by atoms with E-state index >= 15 is 0 Å². The van der Waals surface area contributed by atoms with Crippen LogP contribution in [0.5, 0.6) is 0 Å². The van der Waals surface area contributed by atoms with E-state index < -0.39 is 15.1 Å². The highest BCUT2D eigenvalue weighted by atomic mass is 32.2. The van der Waals surface area contributed by atoms with Crippen LogP contribution in [-0.4, -0.2) is 26.3 Å². The van der Waals surface area contributed by atoms with E-state index in [1.165, 1.54) is 0 Å². The molecule has 0 heterocycles. The first-order valence-electron chi connectivity index (χ1n) is 6.85. The van der Waals surface area contributed by atoms with E-state index in [1.54, 1.807) is 19.1 Å². The van der Waals surface area contributed by atoms with E-state index in [-0.39, 0.29) is 6.04 Å². The Morgan fingerprint density at radius 2 is 1.79 bits per heavy atom. The van der Waals surface area contributed by atoms with Gasteiger partial charge < -0.3 is 5.32 Å². The predicted molar refractivity (Wildman–Crippen MR) is 80.3 cm³/mol. The summed E-state index contributed by atoms with van der Waals surface area (Å²) in [4.78, 5) is 0.424. The molecule has 0 fully saturated rings. The summed E-state index contributed by atoms with van der Waals surface area (Å²) in [5, 5.41) is 2.83. The second-order valence-corrected chi connectivity index (χ2v) is 7.54. The third kappa shape index (κ3) is 3.80. The normalized spacial score (nSPS) is 15.2. The lowest BCUT2D eigenvalue weighted by Gasteiger charge is -2.21. The summed E-state index contributed by atoms with van der Waals surface area (Å²) < 4.78 is 25.1. The number of hydrogen-bond acceptors (Lipinski definition) is 3. The number of aryl methyl sites for hydroxylation is 2. The number of benzene rings is 1. The molecule has 0 bridgehead atoms. The van der Waals surface area contributed by atoms with Crippen molar-refractivity contribution in [1.82, 2.24) is 5.32 Å². The SMILES string of the molecule is CCCNC(C)C(C)S(=O)(=O)c1ccc(C)c(C)c1. The molecule has 0 aliphatic rings. The van der Waals surface area contributed by atoms with Crippen molar-refractivity contribution in [3.05, 3.63) is 29.3 Å². The van der Waals surface area contributed by atoms with Gasteiger partial charge in [0.2, 0.25) is 0 Å². The minimum atomic E-state index is -3.27. The van der Waals surface area contributed by atoms with E-state index in [1.807, 2.05) is 26.8 Å². The molecule has 19 heavy (non-hydrogen) atoms. The largest absolute Gasteiger partial charge is 0.313 e. The summed E-state index contributed by atoms with van der Waals surface area (Å²) in [6.07, 6.45) is 1.00. The first-order chi connectivity index (χ1) is 8.80. The maximum Gasteiger partial charge on any atom is 0.182 e. The summed E-state index contributed by atoms with van der Waals surface area (Å²) in [5.41, 5.74) is 2.13. The van der Waals surface area contributed by atoms with Crippen molar-refractivity contribution in [2.75, 3.05) is 6.54 Å². The molecule has 1 aromatic carbocycles. The highest BCUT2D eigenvalue weighted by Crippen LogP contribution is 2.21. The highest BCUT2D eigenvalue weighted by Gasteiger charge is 2.28. The smallest absolute Gasteiger partial charge is 0.182 e. The third-order valence-electron chi connectivity index (χ3n) is 3.72. The Bertz CT molecular complexity index is 523.